The van der Waals surface area contributed by atoms with Crippen LogP contribution in [0.15, 0.2) is 42.6 Å². The Hall–Kier alpha value is -2.64. The SMILES string of the molecule is CC(CC(C)(Oc1ccc(C(F)(F)F)cn1)C(N)=O)C(C)c1cccc(F)c1. The van der Waals surface area contributed by atoms with Gasteiger partial charge in [0.05, 0.1) is 5.56 Å². The van der Waals surface area contributed by atoms with Crippen molar-refractivity contribution < 1.29 is 27.1 Å². The van der Waals surface area contributed by atoms with Crippen molar-refractivity contribution in [3.8, 4) is 5.88 Å². The summed E-state index contributed by atoms with van der Waals surface area (Å²) < 4.78 is 57.0. The number of hydrogen-bond donors (Lipinski definition) is 1. The molecule has 0 aliphatic carbocycles. The molecule has 0 aliphatic rings. The average molecular weight is 398 g/mol. The third-order valence-electron chi connectivity index (χ3n) is 4.85. The van der Waals surface area contributed by atoms with E-state index in [-0.39, 0.29) is 30.0 Å². The fourth-order valence-electron chi connectivity index (χ4n) is 2.94. The summed E-state index contributed by atoms with van der Waals surface area (Å²) in [7, 11) is 0. The Kier molecular flexibility index (Phi) is 6.31. The number of nitrogens with zero attached hydrogens (tertiary/aromatic N) is 1. The zero-order valence-electron chi connectivity index (χ0n) is 15.8. The van der Waals surface area contributed by atoms with Gasteiger partial charge in [0.15, 0.2) is 5.60 Å². The maximum atomic E-state index is 13.5. The lowest BCUT2D eigenvalue weighted by Gasteiger charge is -2.32. The van der Waals surface area contributed by atoms with E-state index in [1.54, 1.807) is 12.1 Å². The van der Waals surface area contributed by atoms with E-state index in [1.807, 2.05) is 13.8 Å². The molecule has 1 amide bonds. The number of benzene rings is 1. The Morgan fingerprint density at radius 1 is 1.21 bits per heavy atom. The summed E-state index contributed by atoms with van der Waals surface area (Å²) in [5.74, 6) is -1.53. The summed E-state index contributed by atoms with van der Waals surface area (Å²) in [6.07, 6.45) is -3.72. The summed E-state index contributed by atoms with van der Waals surface area (Å²) in [4.78, 5) is 15.7. The van der Waals surface area contributed by atoms with Crippen molar-refractivity contribution in [2.45, 2.75) is 44.9 Å². The summed E-state index contributed by atoms with van der Waals surface area (Å²) in [6.45, 7) is 5.21. The van der Waals surface area contributed by atoms with Crippen molar-refractivity contribution in [3.63, 3.8) is 0 Å². The van der Waals surface area contributed by atoms with Crippen molar-refractivity contribution >= 4 is 5.91 Å². The number of carbonyl (C=O) groups is 1. The van der Waals surface area contributed by atoms with E-state index in [4.69, 9.17) is 10.5 Å². The highest BCUT2D eigenvalue weighted by Crippen LogP contribution is 2.34. The van der Waals surface area contributed by atoms with Crippen molar-refractivity contribution in [3.05, 3.63) is 59.5 Å². The molecule has 0 radical (unpaired) electrons. The summed E-state index contributed by atoms with van der Waals surface area (Å²) in [6, 6.07) is 8.01. The van der Waals surface area contributed by atoms with E-state index < -0.39 is 23.2 Å². The molecule has 8 heteroatoms. The van der Waals surface area contributed by atoms with Crippen molar-refractivity contribution in [2.75, 3.05) is 0 Å². The van der Waals surface area contributed by atoms with Crippen LogP contribution in [0.2, 0.25) is 0 Å². The number of alkyl halides is 3. The zero-order chi connectivity index (χ0) is 21.1. The van der Waals surface area contributed by atoms with E-state index in [2.05, 4.69) is 4.98 Å². The van der Waals surface area contributed by atoms with Crippen LogP contribution in [0.4, 0.5) is 17.6 Å². The molecule has 4 nitrogen and oxygen atoms in total. The number of nitrogens with two attached hydrogens (primary N) is 1. The maximum absolute atomic E-state index is 13.5. The smallest absolute Gasteiger partial charge is 0.417 e. The van der Waals surface area contributed by atoms with E-state index in [9.17, 15) is 22.4 Å². The number of amides is 1. The minimum Gasteiger partial charge on any atom is -0.461 e. The molecule has 0 bridgehead atoms. The first-order chi connectivity index (χ1) is 12.9. The second-order valence-corrected chi connectivity index (χ2v) is 7.11. The molecule has 0 aliphatic heterocycles. The minimum atomic E-state index is -4.52. The number of carbonyl (C=O) groups excluding carboxylic acids is 1. The quantitative estimate of drug-likeness (QED) is 0.688. The molecule has 1 aromatic carbocycles. The minimum absolute atomic E-state index is 0.112. The lowest BCUT2D eigenvalue weighted by Crippen LogP contribution is -2.48. The molecule has 0 fully saturated rings. The van der Waals surface area contributed by atoms with Gasteiger partial charge in [0.1, 0.15) is 5.82 Å². The number of rotatable bonds is 7. The Morgan fingerprint density at radius 2 is 1.89 bits per heavy atom. The fourth-order valence-corrected chi connectivity index (χ4v) is 2.94. The number of hydrogen-bond acceptors (Lipinski definition) is 3. The lowest BCUT2D eigenvalue weighted by molar-refractivity contribution is -0.138. The Labute approximate surface area is 160 Å². The second-order valence-electron chi connectivity index (χ2n) is 7.11. The molecule has 1 aromatic heterocycles. The molecule has 28 heavy (non-hydrogen) atoms. The molecule has 0 saturated carbocycles. The van der Waals surface area contributed by atoms with Gasteiger partial charge in [-0.15, -0.1) is 0 Å². The van der Waals surface area contributed by atoms with Crippen LogP contribution >= 0.6 is 0 Å². The average Bonchev–Trinajstić information content (AvgIpc) is 2.60. The zero-order valence-corrected chi connectivity index (χ0v) is 15.8. The number of primary amides is 1. The predicted octanol–water partition coefficient (Wildman–Crippen LogP) is 4.69. The molecule has 2 rings (SSSR count). The van der Waals surface area contributed by atoms with Crippen molar-refractivity contribution in [2.24, 2.45) is 11.7 Å². The number of ether oxygens (including phenoxy) is 1. The summed E-state index contributed by atoms with van der Waals surface area (Å²) in [5, 5.41) is 0. The number of halogens is 4. The van der Waals surface area contributed by atoms with Crippen LogP contribution in [-0.4, -0.2) is 16.5 Å². The Balaban J connectivity index is 2.17. The van der Waals surface area contributed by atoms with Crippen LogP contribution in [0.3, 0.4) is 0 Å². The van der Waals surface area contributed by atoms with Gasteiger partial charge in [-0.05, 0) is 48.9 Å². The van der Waals surface area contributed by atoms with Crippen LogP contribution in [0.25, 0.3) is 0 Å². The normalized spacial score (nSPS) is 16.1. The standard InChI is InChI=1S/C20H22F4N2O2/c1-12(13(2)14-5-4-6-16(21)9-14)10-19(3,18(25)27)28-17-8-7-15(11-26-17)20(22,23)24/h4-9,11-13H,10H2,1-3H3,(H2,25,27). The summed E-state index contributed by atoms with van der Waals surface area (Å²) in [5.41, 5.74) is 3.84. The largest absolute Gasteiger partial charge is 0.461 e. The van der Waals surface area contributed by atoms with E-state index in [0.29, 0.717) is 6.20 Å². The predicted molar refractivity (Wildman–Crippen MR) is 96.1 cm³/mol. The van der Waals surface area contributed by atoms with E-state index in [0.717, 1.165) is 17.7 Å². The van der Waals surface area contributed by atoms with Gasteiger partial charge in [-0.3, -0.25) is 4.79 Å². The van der Waals surface area contributed by atoms with Gasteiger partial charge in [0.25, 0.3) is 5.91 Å². The van der Waals surface area contributed by atoms with Crippen LogP contribution in [-0.2, 0) is 11.0 Å². The van der Waals surface area contributed by atoms with Crippen LogP contribution in [0, 0.1) is 11.7 Å². The Bertz CT molecular complexity index is 824. The number of aromatic nitrogens is 1. The molecule has 2 aromatic rings. The number of pyridine rings is 1. The monoisotopic (exact) mass is 398 g/mol. The topological polar surface area (TPSA) is 65.2 Å². The van der Waals surface area contributed by atoms with E-state index in [1.165, 1.54) is 19.1 Å². The third kappa shape index (κ3) is 5.21. The van der Waals surface area contributed by atoms with Crippen LogP contribution in [0.5, 0.6) is 5.88 Å². The third-order valence-corrected chi connectivity index (χ3v) is 4.85. The van der Waals surface area contributed by atoms with E-state index >= 15 is 0 Å². The molecule has 0 saturated heterocycles. The first kappa shape index (κ1) is 21.7. The first-order valence-electron chi connectivity index (χ1n) is 8.70. The highest BCUT2D eigenvalue weighted by atomic mass is 19.4. The Morgan fingerprint density at radius 3 is 2.39 bits per heavy atom. The van der Waals surface area contributed by atoms with Crippen molar-refractivity contribution in [1.82, 2.24) is 4.98 Å². The second kappa shape index (κ2) is 8.16. The van der Waals surface area contributed by atoms with Gasteiger partial charge >= 0.3 is 6.18 Å². The molecule has 3 atom stereocenters. The van der Waals surface area contributed by atoms with Gasteiger partial charge in [0.2, 0.25) is 5.88 Å². The first-order valence-corrected chi connectivity index (χ1v) is 8.70. The van der Waals surface area contributed by atoms with Crippen LogP contribution < -0.4 is 10.5 Å². The van der Waals surface area contributed by atoms with Gasteiger partial charge < -0.3 is 10.5 Å². The molecule has 1 heterocycles. The highest BCUT2D eigenvalue weighted by molar-refractivity contribution is 5.83. The molecule has 3 unspecified atom stereocenters. The van der Waals surface area contributed by atoms with Crippen LogP contribution in [0.1, 0.15) is 44.2 Å². The highest BCUT2D eigenvalue weighted by Gasteiger charge is 2.38. The summed E-state index contributed by atoms with van der Waals surface area (Å²) >= 11 is 0. The van der Waals surface area contributed by atoms with Gasteiger partial charge in [-0.2, -0.15) is 13.2 Å². The molecule has 2 N–H and O–H groups in total. The van der Waals surface area contributed by atoms with Gasteiger partial charge in [0, 0.05) is 12.3 Å². The maximum Gasteiger partial charge on any atom is 0.417 e. The molecular weight excluding hydrogens is 376 g/mol. The van der Waals surface area contributed by atoms with Crippen molar-refractivity contribution in [1.29, 1.82) is 0 Å². The molecular formula is C20H22F4N2O2. The lowest BCUT2D eigenvalue weighted by atomic mass is 9.81. The fraction of sp³-hybridized carbons (Fsp3) is 0.400. The molecule has 152 valence electrons. The van der Waals surface area contributed by atoms with Gasteiger partial charge in [-0.25, -0.2) is 9.37 Å². The van der Waals surface area contributed by atoms with Gasteiger partial charge in [-0.1, -0.05) is 26.0 Å². The molecule has 0 spiro atoms.